The minimum atomic E-state index is -5.08. The Bertz CT molecular complexity index is 2080. The van der Waals surface area contributed by atoms with Crippen molar-refractivity contribution in [2.45, 2.75) is 55.8 Å². The number of carbonyl (C=O) groups is 1. The van der Waals surface area contributed by atoms with Crippen LogP contribution in [0.4, 0.5) is 13.2 Å². The van der Waals surface area contributed by atoms with E-state index >= 15 is 0 Å². The number of pyridine rings is 1. The van der Waals surface area contributed by atoms with Crippen molar-refractivity contribution >= 4 is 43.8 Å². The van der Waals surface area contributed by atoms with Gasteiger partial charge >= 0.3 is 12.1 Å². The molecule has 0 radical (unpaired) electrons. The molecule has 1 saturated carbocycles. The van der Waals surface area contributed by atoms with E-state index in [-0.39, 0.29) is 17.5 Å². The molecule has 11 nitrogen and oxygen atoms in total. The summed E-state index contributed by atoms with van der Waals surface area (Å²) >= 11 is 0. The Balaban J connectivity index is 0.000000582. The number of halogens is 3. The first kappa shape index (κ1) is 34.0. The molecule has 1 aliphatic rings. The van der Waals surface area contributed by atoms with Crippen molar-refractivity contribution in [2.75, 3.05) is 0 Å². The maximum absolute atomic E-state index is 13.5. The van der Waals surface area contributed by atoms with Crippen molar-refractivity contribution in [1.29, 1.82) is 5.26 Å². The quantitative estimate of drug-likeness (QED) is 0.177. The van der Waals surface area contributed by atoms with Crippen LogP contribution < -0.4 is 5.73 Å². The summed E-state index contributed by atoms with van der Waals surface area (Å²) in [7, 11) is -3.84. The number of aliphatic carboxylic acids is 1. The Morgan fingerprint density at radius 1 is 1.06 bits per heavy atom. The molecule has 0 aliphatic heterocycles. The van der Waals surface area contributed by atoms with Crippen LogP contribution in [0, 0.1) is 17.2 Å². The van der Waals surface area contributed by atoms with Gasteiger partial charge in [0.1, 0.15) is 24.2 Å². The van der Waals surface area contributed by atoms with Crippen molar-refractivity contribution in [3.63, 3.8) is 0 Å². The molecule has 3 heterocycles. The molecule has 3 N–H and O–H groups in total. The van der Waals surface area contributed by atoms with E-state index in [0.29, 0.717) is 40.4 Å². The van der Waals surface area contributed by atoms with E-state index in [1.165, 1.54) is 3.97 Å². The first-order valence-corrected chi connectivity index (χ1v) is 16.3. The van der Waals surface area contributed by atoms with E-state index in [0.717, 1.165) is 36.8 Å². The molecule has 3 aromatic heterocycles. The molecular formula is C33H31F3N6O5S. The molecule has 1 aliphatic carbocycles. The predicted molar refractivity (Wildman–Crippen MR) is 170 cm³/mol. The number of nitrogens with two attached hydrogens (primary N) is 1. The van der Waals surface area contributed by atoms with E-state index < -0.39 is 22.2 Å². The summed E-state index contributed by atoms with van der Waals surface area (Å²) in [6.07, 6.45) is 3.86. The van der Waals surface area contributed by atoms with Gasteiger partial charge in [-0.05, 0) is 49.8 Å². The van der Waals surface area contributed by atoms with Crippen molar-refractivity contribution in [3.8, 4) is 6.07 Å². The molecule has 0 spiro atoms. The SMILES string of the molecule is N#CC[C@H]1CC[C@H](n2c(CO/C=C(\N)c3ccccc3)nc3cnc4c(ccn4S(=O)(=O)c4ccccc4)c32)CC1.O=C(O)C(F)(F)F. The number of carboxylic acids is 1. The third kappa shape index (κ3) is 7.28. The Hall–Kier alpha value is -5.36. The Morgan fingerprint density at radius 3 is 2.29 bits per heavy atom. The van der Waals surface area contributed by atoms with Gasteiger partial charge in [-0.25, -0.2) is 27.2 Å². The summed E-state index contributed by atoms with van der Waals surface area (Å²) in [5, 5.41) is 17.0. The second-order valence-electron chi connectivity index (χ2n) is 11.1. The molecule has 1 fully saturated rings. The zero-order valence-electron chi connectivity index (χ0n) is 25.4. The number of ether oxygens (including phenoxy) is 1. The summed E-state index contributed by atoms with van der Waals surface area (Å²) in [5.74, 6) is -1.65. The van der Waals surface area contributed by atoms with E-state index in [2.05, 4.69) is 15.6 Å². The number of fused-ring (bicyclic) bond motifs is 3. The van der Waals surface area contributed by atoms with Crippen molar-refractivity contribution in [2.24, 2.45) is 11.7 Å². The lowest BCUT2D eigenvalue weighted by molar-refractivity contribution is -0.192. The lowest BCUT2D eigenvalue weighted by Gasteiger charge is -2.29. The highest BCUT2D eigenvalue weighted by Gasteiger charge is 2.38. The van der Waals surface area contributed by atoms with Gasteiger partial charge in [-0.2, -0.15) is 18.4 Å². The largest absolute Gasteiger partial charge is 0.491 e. The van der Waals surface area contributed by atoms with Gasteiger partial charge in [0, 0.05) is 29.6 Å². The first-order chi connectivity index (χ1) is 22.9. The average Bonchev–Trinajstić information content (AvgIpc) is 3.68. The summed E-state index contributed by atoms with van der Waals surface area (Å²) in [4.78, 5) is 18.5. The van der Waals surface area contributed by atoms with Crippen LogP contribution in [-0.2, 0) is 26.2 Å². The Labute approximate surface area is 273 Å². The molecule has 250 valence electrons. The second-order valence-corrected chi connectivity index (χ2v) is 13.0. The third-order valence-electron chi connectivity index (χ3n) is 8.04. The van der Waals surface area contributed by atoms with Gasteiger partial charge in [0.05, 0.1) is 28.4 Å². The van der Waals surface area contributed by atoms with Crippen LogP contribution in [-0.4, -0.2) is 44.2 Å². The lowest BCUT2D eigenvalue weighted by Crippen LogP contribution is -2.21. The van der Waals surface area contributed by atoms with E-state index in [1.54, 1.807) is 55.1 Å². The van der Waals surface area contributed by atoms with Crippen LogP contribution in [0.2, 0.25) is 0 Å². The smallest absolute Gasteiger partial charge is 0.490 e. The molecule has 5 aromatic rings. The van der Waals surface area contributed by atoms with Crippen molar-refractivity contribution in [1.82, 2.24) is 18.5 Å². The highest BCUT2D eigenvalue weighted by atomic mass is 32.2. The molecule has 0 saturated heterocycles. The number of alkyl halides is 3. The first-order valence-electron chi connectivity index (χ1n) is 14.9. The maximum Gasteiger partial charge on any atom is 0.490 e. The normalized spacial score (nSPS) is 17.0. The molecule has 0 bridgehead atoms. The highest BCUT2D eigenvalue weighted by Crippen LogP contribution is 2.38. The van der Waals surface area contributed by atoms with Gasteiger partial charge in [0.15, 0.2) is 5.65 Å². The number of benzene rings is 2. The molecule has 2 aromatic carbocycles. The van der Waals surface area contributed by atoms with Crippen molar-refractivity contribution < 1.29 is 36.2 Å². The van der Waals surface area contributed by atoms with Crippen LogP contribution >= 0.6 is 0 Å². The fourth-order valence-corrected chi connectivity index (χ4v) is 7.05. The third-order valence-corrected chi connectivity index (χ3v) is 9.72. The highest BCUT2D eigenvalue weighted by molar-refractivity contribution is 7.90. The van der Waals surface area contributed by atoms with Gasteiger partial charge in [-0.3, -0.25) is 0 Å². The molecule has 0 amide bonds. The van der Waals surface area contributed by atoms with E-state index in [4.69, 9.17) is 25.4 Å². The summed E-state index contributed by atoms with van der Waals surface area (Å²) in [6.45, 7) is 0.185. The van der Waals surface area contributed by atoms with Gasteiger partial charge < -0.3 is 20.1 Å². The van der Waals surface area contributed by atoms with Crippen LogP contribution in [0.1, 0.15) is 49.5 Å². The molecular weight excluding hydrogens is 649 g/mol. The van der Waals surface area contributed by atoms with Crippen LogP contribution in [0.5, 0.6) is 0 Å². The second kappa shape index (κ2) is 14.2. The maximum atomic E-state index is 13.5. The molecule has 6 rings (SSSR count). The summed E-state index contributed by atoms with van der Waals surface area (Å²) < 4.78 is 68.1. The fraction of sp³-hybridized carbons (Fsp3) is 0.273. The van der Waals surface area contributed by atoms with E-state index in [9.17, 15) is 26.9 Å². The molecule has 15 heteroatoms. The van der Waals surface area contributed by atoms with Gasteiger partial charge in [-0.15, -0.1) is 0 Å². The number of aromatic nitrogens is 4. The summed E-state index contributed by atoms with van der Waals surface area (Å²) in [5.41, 5.74) is 9.47. The van der Waals surface area contributed by atoms with Crippen molar-refractivity contribution in [3.05, 3.63) is 96.8 Å². The number of nitrogens with zero attached hydrogens (tertiary/aromatic N) is 5. The topological polar surface area (TPSA) is 166 Å². The standard InChI is InChI=1S/C31H30N6O3S.C2HF3O2/c32-17-15-22-11-13-24(14-12-22)37-29(21-40-20-27(33)23-7-3-1-4-8-23)35-28-19-34-31-26(30(28)37)16-18-36(31)41(38,39)25-9-5-2-6-10-25;3-2(4,5)1(6)7/h1-10,16,18-20,22,24H,11-15,21,33H2;(H,6,7)/b27-20-;/t22-,24-;. The lowest BCUT2D eigenvalue weighted by atomic mass is 9.84. The minimum Gasteiger partial charge on any atom is -0.491 e. The van der Waals surface area contributed by atoms with Gasteiger partial charge in [-0.1, -0.05) is 48.5 Å². The van der Waals surface area contributed by atoms with Gasteiger partial charge in [0.25, 0.3) is 10.0 Å². The number of nitriles is 1. The average molecular weight is 681 g/mol. The molecule has 0 atom stereocenters. The zero-order chi connectivity index (χ0) is 34.5. The van der Waals surface area contributed by atoms with E-state index in [1.807, 2.05) is 30.3 Å². The minimum absolute atomic E-state index is 0.128. The monoisotopic (exact) mass is 680 g/mol. The number of carboxylic acid groups (broad SMARTS) is 1. The van der Waals surface area contributed by atoms with Crippen LogP contribution in [0.15, 0.2) is 90.3 Å². The fourth-order valence-electron chi connectivity index (χ4n) is 5.73. The van der Waals surface area contributed by atoms with Crippen LogP contribution in [0.3, 0.4) is 0 Å². The number of rotatable bonds is 8. The Kier molecular flexibility index (Phi) is 10.0. The number of imidazole rings is 1. The predicted octanol–water partition coefficient (Wildman–Crippen LogP) is 6.38. The summed E-state index contributed by atoms with van der Waals surface area (Å²) in [6, 6.07) is 22.2. The number of hydrogen-bond donors (Lipinski definition) is 2. The van der Waals surface area contributed by atoms with Crippen LogP contribution in [0.25, 0.3) is 27.8 Å². The Morgan fingerprint density at radius 2 is 1.69 bits per heavy atom. The van der Waals surface area contributed by atoms with Gasteiger partial charge in [0.2, 0.25) is 0 Å². The molecule has 0 unspecified atom stereocenters. The molecule has 48 heavy (non-hydrogen) atoms. The zero-order valence-corrected chi connectivity index (χ0v) is 26.2. The number of hydrogen-bond acceptors (Lipinski definition) is 8.